The zero-order valence-corrected chi connectivity index (χ0v) is 15.5. The summed E-state index contributed by atoms with van der Waals surface area (Å²) in [6.45, 7) is 2.38. The number of nitrogens with zero attached hydrogens (tertiary/aromatic N) is 2. The molecule has 2 aromatic heterocycles. The van der Waals surface area contributed by atoms with E-state index < -0.39 is 0 Å². The van der Waals surface area contributed by atoms with E-state index in [-0.39, 0.29) is 11.7 Å². The monoisotopic (exact) mass is 367 g/mol. The molecule has 0 aliphatic heterocycles. The van der Waals surface area contributed by atoms with Crippen molar-refractivity contribution in [3.05, 3.63) is 64.7 Å². The van der Waals surface area contributed by atoms with E-state index in [4.69, 9.17) is 4.84 Å². The number of hydroxylamine groups is 1. The summed E-state index contributed by atoms with van der Waals surface area (Å²) in [7, 11) is 1.85. The first-order chi connectivity index (χ1) is 13.0. The number of aryl methyl sites for hydroxylation is 2. The molecule has 1 aromatic carbocycles. The lowest BCUT2D eigenvalue weighted by Gasteiger charge is -2.10. The first kappa shape index (κ1) is 17.7. The van der Waals surface area contributed by atoms with Gasteiger partial charge in [-0.3, -0.25) is 9.63 Å². The van der Waals surface area contributed by atoms with Crippen molar-refractivity contribution < 1.29 is 14.0 Å². The number of benzene rings is 1. The third-order valence-electron chi connectivity index (χ3n) is 5.04. The van der Waals surface area contributed by atoms with Crippen LogP contribution < -0.4 is 5.48 Å². The van der Waals surface area contributed by atoms with Crippen molar-refractivity contribution in [1.29, 1.82) is 0 Å². The van der Waals surface area contributed by atoms with Crippen LogP contribution in [0.15, 0.2) is 36.5 Å². The molecule has 2 heterocycles. The van der Waals surface area contributed by atoms with Gasteiger partial charge in [0.25, 0.3) is 5.91 Å². The Morgan fingerprint density at radius 1 is 1.37 bits per heavy atom. The molecule has 0 unspecified atom stereocenters. The first-order valence-corrected chi connectivity index (χ1v) is 9.14. The Bertz CT molecular complexity index is 1010. The minimum atomic E-state index is -0.322. The minimum absolute atomic E-state index is 0.274. The molecule has 0 radical (unpaired) electrons. The Morgan fingerprint density at radius 3 is 2.93 bits per heavy atom. The number of hydrogen-bond acceptors (Lipinski definition) is 3. The van der Waals surface area contributed by atoms with E-state index in [1.54, 1.807) is 18.3 Å². The van der Waals surface area contributed by atoms with Crippen LogP contribution in [0.2, 0.25) is 0 Å². The quantitative estimate of drug-likeness (QED) is 0.676. The smallest absolute Gasteiger partial charge is 0.277 e. The number of hydrogen-bond donors (Lipinski definition) is 1. The molecule has 4 rings (SSSR count). The average molecular weight is 367 g/mol. The number of nitrogens with one attached hydrogen (secondary N) is 1. The molecule has 0 spiro atoms. The lowest BCUT2D eigenvalue weighted by Crippen LogP contribution is -2.26. The van der Waals surface area contributed by atoms with Crippen molar-refractivity contribution in [3.8, 4) is 0 Å². The Hall–Kier alpha value is -2.73. The van der Waals surface area contributed by atoms with Crippen LogP contribution in [-0.4, -0.2) is 22.1 Å². The van der Waals surface area contributed by atoms with E-state index in [1.165, 1.54) is 6.07 Å². The van der Waals surface area contributed by atoms with Crippen molar-refractivity contribution in [2.24, 2.45) is 13.0 Å². The number of carbonyl (C=O) groups is 1. The van der Waals surface area contributed by atoms with Gasteiger partial charge in [-0.05, 0) is 55.0 Å². The second kappa shape index (κ2) is 7.12. The number of aromatic nitrogens is 2. The molecule has 6 heteroatoms. The van der Waals surface area contributed by atoms with Crippen LogP contribution in [-0.2, 0) is 18.3 Å². The fourth-order valence-corrected chi connectivity index (χ4v) is 3.31. The van der Waals surface area contributed by atoms with Gasteiger partial charge in [0, 0.05) is 30.7 Å². The van der Waals surface area contributed by atoms with Crippen LogP contribution >= 0.6 is 0 Å². The molecule has 0 saturated heterocycles. The summed E-state index contributed by atoms with van der Waals surface area (Å²) in [5.41, 5.74) is 5.83. The van der Waals surface area contributed by atoms with Crippen molar-refractivity contribution in [1.82, 2.24) is 15.0 Å². The zero-order chi connectivity index (χ0) is 19.0. The molecule has 1 aliphatic rings. The molecular formula is C21H22FN3O2. The van der Waals surface area contributed by atoms with Crippen molar-refractivity contribution >= 4 is 16.9 Å². The lowest BCUT2D eigenvalue weighted by molar-refractivity contribution is 0.0271. The minimum Gasteiger partial charge on any atom is -0.332 e. The fraction of sp³-hybridized carbons (Fsp3) is 0.333. The molecule has 1 saturated carbocycles. The van der Waals surface area contributed by atoms with Gasteiger partial charge in [0.1, 0.15) is 11.5 Å². The zero-order valence-electron chi connectivity index (χ0n) is 15.5. The predicted octanol–water partition coefficient (Wildman–Crippen LogP) is 3.68. The summed E-state index contributed by atoms with van der Waals surface area (Å²) in [5, 5.41) is 0.732. The van der Waals surface area contributed by atoms with Gasteiger partial charge < -0.3 is 4.57 Å². The van der Waals surface area contributed by atoms with Gasteiger partial charge in [-0.25, -0.2) is 14.9 Å². The maximum atomic E-state index is 14.4. The molecule has 1 amide bonds. The van der Waals surface area contributed by atoms with Crippen LogP contribution in [0.5, 0.6) is 0 Å². The normalized spacial score (nSPS) is 13.9. The van der Waals surface area contributed by atoms with Crippen LogP contribution in [0.25, 0.3) is 11.0 Å². The first-order valence-electron chi connectivity index (χ1n) is 9.14. The third-order valence-corrected chi connectivity index (χ3v) is 5.04. The van der Waals surface area contributed by atoms with Gasteiger partial charge in [0.05, 0.1) is 12.2 Å². The molecule has 1 aliphatic carbocycles. The number of carbonyl (C=O) groups excluding carboxylic acids is 1. The van der Waals surface area contributed by atoms with Gasteiger partial charge in [0.15, 0.2) is 0 Å². The van der Waals surface area contributed by atoms with Crippen molar-refractivity contribution in [2.45, 2.75) is 26.2 Å². The van der Waals surface area contributed by atoms with Gasteiger partial charge >= 0.3 is 0 Å². The molecule has 1 fully saturated rings. The highest BCUT2D eigenvalue weighted by Gasteiger charge is 2.25. The SMILES string of the molecule is Cc1ccc(Cc2c(C(=O)NOCC3CC3)c3cccnc3n2C)c(F)c1. The van der Waals surface area contributed by atoms with Crippen LogP contribution in [0.1, 0.15) is 40.0 Å². The second-order valence-corrected chi connectivity index (χ2v) is 7.21. The largest absolute Gasteiger partial charge is 0.332 e. The highest BCUT2D eigenvalue weighted by atomic mass is 19.1. The molecule has 0 bridgehead atoms. The van der Waals surface area contributed by atoms with E-state index in [2.05, 4.69) is 10.5 Å². The molecule has 3 aromatic rings. The van der Waals surface area contributed by atoms with E-state index in [0.29, 0.717) is 41.4 Å². The summed E-state index contributed by atoms with van der Waals surface area (Å²) in [5.74, 6) is -0.0538. The second-order valence-electron chi connectivity index (χ2n) is 7.21. The number of amides is 1. The summed E-state index contributed by atoms with van der Waals surface area (Å²) >= 11 is 0. The summed E-state index contributed by atoms with van der Waals surface area (Å²) < 4.78 is 16.3. The molecule has 0 atom stereocenters. The van der Waals surface area contributed by atoms with E-state index in [9.17, 15) is 9.18 Å². The van der Waals surface area contributed by atoms with Crippen molar-refractivity contribution in [2.75, 3.05) is 6.61 Å². The van der Waals surface area contributed by atoms with Crippen molar-refractivity contribution in [3.63, 3.8) is 0 Å². The van der Waals surface area contributed by atoms with E-state index in [1.807, 2.05) is 30.7 Å². The van der Waals surface area contributed by atoms with Gasteiger partial charge in [-0.1, -0.05) is 12.1 Å². The highest BCUT2D eigenvalue weighted by molar-refractivity contribution is 6.07. The molecule has 1 N–H and O–H groups in total. The third kappa shape index (κ3) is 3.57. The Balaban J connectivity index is 1.71. The van der Waals surface area contributed by atoms with Gasteiger partial charge in [-0.15, -0.1) is 0 Å². The summed E-state index contributed by atoms with van der Waals surface area (Å²) in [6, 6.07) is 8.79. The van der Waals surface area contributed by atoms with Gasteiger partial charge in [-0.2, -0.15) is 0 Å². The molecule has 140 valence electrons. The van der Waals surface area contributed by atoms with E-state index >= 15 is 0 Å². The predicted molar refractivity (Wildman–Crippen MR) is 101 cm³/mol. The number of pyridine rings is 1. The standard InChI is InChI=1S/C21H22FN3O2/c1-13-5-8-15(17(22)10-13)11-18-19(21(26)24-27-12-14-6-7-14)16-4-3-9-23-20(16)25(18)2/h3-5,8-10,14H,6-7,11-12H2,1-2H3,(H,24,26). The maximum absolute atomic E-state index is 14.4. The molecule has 5 nitrogen and oxygen atoms in total. The highest BCUT2D eigenvalue weighted by Crippen LogP contribution is 2.29. The lowest BCUT2D eigenvalue weighted by atomic mass is 10.0. The summed E-state index contributed by atoms with van der Waals surface area (Å²) in [6.07, 6.45) is 4.27. The number of rotatable bonds is 6. The number of fused-ring (bicyclic) bond motifs is 1. The van der Waals surface area contributed by atoms with E-state index in [0.717, 1.165) is 23.8 Å². The average Bonchev–Trinajstić information content (AvgIpc) is 3.42. The molecular weight excluding hydrogens is 345 g/mol. The fourth-order valence-electron chi connectivity index (χ4n) is 3.31. The van der Waals surface area contributed by atoms with Crippen LogP contribution in [0.4, 0.5) is 4.39 Å². The number of halogens is 1. The molecule has 27 heavy (non-hydrogen) atoms. The Kier molecular flexibility index (Phi) is 4.66. The topological polar surface area (TPSA) is 56.1 Å². The van der Waals surface area contributed by atoms with Crippen LogP contribution in [0, 0.1) is 18.7 Å². The van der Waals surface area contributed by atoms with Gasteiger partial charge in [0.2, 0.25) is 0 Å². The summed E-state index contributed by atoms with van der Waals surface area (Å²) in [4.78, 5) is 22.6. The van der Waals surface area contributed by atoms with Crippen LogP contribution in [0.3, 0.4) is 0 Å². The maximum Gasteiger partial charge on any atom is 0.277 e. The Morgan fingerprint density at radius 2 is 2.19 bits per heavy atom. The Labute approximate surface area is 157 Å².